The average molecular weight is 371 g/mol. The third kappa shape index (κ3) is 4.02. The number of thioether (sulfide) groups is 1. The Morgan fingerprint density at radius 3 is 2.50 bits per heavy atom. The summed E-state index contributed by atoms with van der Waals surface area (Å²) in [5, 5.41) is 10.6. The number of hydrogen-bond acceptors (Lipinski definition) is 7. The van der Waals surface area contributed by atoms with Crippen LogP contribution in [-0.4, -0.2) is 27.1 Å². The van der Waals surface area contributed by atoms with Gasteiger partial charge in [0.1, 0.15) is 5.76 Å². The van der Waals surface area contributed by atoms with Crippen LogP contribution in [0.1, 0.15) is 30.0 Å². The van der Waals surface area contributed by atoms with Crippen molar-refractivity contribution in [3.05, 3.63) is 47.9 Å². The van der Waals surface area contributed by atoms with E-state index in [0.29, 0.717) is 28.1 Å². The lowest BCUT2D eigenvalue weighted by Crippen LogP contribution is -2.13. The molecular weight excluding hydrogens is 354 g/mol. The van der Waals surface area contributed by atoms with Crippen LogP contribution in [0.5, 0.6) is 0 Å². The Balaban J connectivity index is 1.67. The summed E-state index contributed by atoms with van der Waals surface area (Å²) >= 11 is 1.20. The van der Waals surface area contributed by atoms with E-state index in [1.54, 1.807) is 43.5 Å². The molecule has 0 bridgehead atoms. The van der Waals surface area contributed by atoms with Crippen molar-refractivity contribution in [3.63, 3.8) is 0 Å². The normalized spacial score (nSPS) is 12.0. The number of benzene rings is 1. The van der Waals surface area contributed by atoms with E-state index in [4.69, 9.17) is 8.83 Å². The number of hydrogen-bond donors (Lipinski definition) is 1. The molecule has 3 aromatic rings. The molecule has 3 rings (SSSR count). The molecule has 2 heterocycles. The lowest BCUT2D eigenvalue weighted by molar-refractivity contribution is -0.114. The van der Waals surface area contributed by atoms with Gasteiger partial charge in [-0.25, -0.2) is 0 Å². The van der Waals surface area contributed by atoms with E-state index in [0.717, 1.165) is 5.56 Å². The maximum Gasteiger partial charge on any atom is 0.277 e. The third-order valence-corrected chi connectivity index (χ3v) is 4.57. The molecule has 0 aliphatic rings. The number of amides is 1. The van der Waals surface area contributed by atoms with Gasteiger partial charge in [-0.15, -0.1) is 10.2 Å². The van der Waals surface area contributed by atoms with Crippen molar-refractivity contribution < 1.29 is 18.4 Å². The molecule has 26 heavy (non-hydrogen) atoms. The molecule has 1 aromatic carbocycles. The van der Waals surface area contributed by atoms with Crippen LogP contribution < -0.4 is 5.32 Å². The first-order valence-electron chi connectivity index (χ1n) is 7.90. The minimum absolute atomic E-state index is 0.0661. The third-order valence-electron chi connectivity index (χ3n) is 3.63. The molecule has 1 amide bonds. The van der Waals surface area contributed by atoms with Crippen molar-refractivity contribution in [2.24, 2.45) is 0 Å². The summed E-state index contributed by atoms with van der Waals surface area (Å²) < 4.78 is 10.8. The Kier molecular flexibility index (Phi) is 5.22. The maximum atomic E-state index is 12.6. The van der Waals surface area contributed by atoms with Gasteiger partial charge in [0.2, 0.25) is 5.91 Å². The molecule has 0 aliphatic heterocycles. The van der Waals surface area contributed by atoms with Crippen LogP contribution in [0.15, 0.2) is 50.7 Å². The Hall–Kier alpha value is -2.87. The van der Waals surface area contributed by atoms with E-state index < -0.39 is 5.25 Å². The van der Waals surface area contributed by atoms with Crippen LogP contribution >= 0.6 is 11.8 Å². The van der Waals surface area contributed by atoms with Crippen LogP contribution in [0.25, 0.3) is 11.5 Å². The van der Waals surface area contributed by atoms with E-state index >= 15 is 0 Å². The maximum absolute atomic E-state index is 12.6. The van der Waals surface area contributed by atoms with E-state index in [9.17, 15) is 9.59 Å². The van der Waals surface area contributed by atoms with Gasteiger partial charge in [0, 0.05) is 18.2 Å². The predicted molar refractivity (Wildman–Crippen MR) is 97.1 cm³/mol. The fraction of sp³-hybridized carbons (Fsp3) is 0.222. The summed E-state index contributed by atoms with van der Waals surface area (Å²) in [6, 6.07) is 8.50. The Morgan fingerprint density at radius 2 is 1.88 bits per heavy atom. The number of aromatic nitrogens is 2. The monoisotopic (exact) mass is 371 g/mol. The van der Waals surface area contributed by atoms with Gasteiger partial charge in [-0.05, 0) is 44.2 Å². The zero-order chi connectivity index (χ0) is 18.7. The van der Waals surface area contributed by atoms with Gasteiger partial charge in [0.25, 0.3) is 11.1 Å². The highest BCUT2D eigenvalue weighted by Crippen LogP contribution is 2.29. The van der Waals surface area contributed by atoms with Crippen LogP contribution in [0.3, 0.4) is 0 Å². The molecule has 0 aliphatic carbocycles. The largest absolute Gasteiger partial charge is 0.469 e. The smallest absolute Gasteiger partial charge is 0.277 e. The number of furan rings is 1. The zero-order valence-electron chi connectivity index (χ0n) is 14.5. The summed E-state index contributed by atoms with van der Waals surface area (Å²) in [5.41, 5.74) is 1.92. The minimum Gasteiger partial charge on any atom is -0.469 e. The van der Waals surface area contributed by atoms with Crippen LogP contribution in [0.2, 0.25) is 0 Å². The van der Waals surface area contributed by atoms with E-state index in [1.807, 2.05) is 6.92 Å². The molecule has 0 spiro atoms. The van der Waals surface area contributed by atoms with Gasteiger partial charge < -0.3 is 14.2 Å². The quantitative estimate of drug-likeness (QED) is 0.517. The number of rotatable bonds is 6. The van der Waals surface area contributed by atoms with Gasteiger partial charge in [0.15, 0.2) is 5.78 Å². The second-order valence-electron chi connectivity index (χ2n) is 5.65. The Bertz CT molecular complexity index is 930. The number of nitrogens with zero attached hydrogens (tertiary/aromatic N) is 2. The standard InChI is InChI=1S/C18H17N3O4S/c1-10-15(8-9-24-10)17-20-21-18(25-17)26-11(2)16(23)13-4-6-14(7-5-13)19-12(3)22/h4-9,11H,1-3H3,(H,19,22)/t11-/m1/s1. The topological polar surface area (TPSA) is 98.2 Å². The van der Waals surface area contributed by atoms with E-state index in [1.165, 1.54) is 18.7 Å². The molecule has 0 saturated heterocycles. The average Bonchev–Trinajstić information content (AvgIpc) is 3.23. The SMILES string of the molecule is CC(=O)Nc1ccc(C(=O)[C@@H](C)Sc2nnc(-c3ccoc3C)o2)cc1. The summed E-state index contributed by atoms with van der Waals surface area (Å²) in [6.07, 6.45) is 1.55. The van der Waals surface area contributed by atoms with E-state index in [-0.39, 0.29) is 11.7 Å². The lowest BCUT2D eigenvalue weighted by Gasteiger charge is -2.08. The molecule has 2 aromatic heterocycles. The highest BCUT2D eigenvalue weighted by molar-refractivity contribution is 8.00. The lowest BCUT2D eigenvalue weighted by atomic mass is 10.1. The first kappa shape index (κ1) is 17.9. The molecule has 0 radical (unpaired) electrons. The zero-order valence-corrected chi connectivity index (χ0v) is 15.3. The summed E-state index contributed by atoms with van der Waals surface area (Å²) in [7, 11) is 0. The van der Waals surface area contributed by atoms with Gasteiger partial charge in [-0.3, -0.25) is 9.59 Å². The van der Waals surface area contributed by atoms with Crippen molar-refractivity contribution in [1.82, 2.24) is 10.2 Å². The fourth-order valence-electron chi connectivity index (χ4n) is 2.33. The second kappa shape index (κ2) is 7.57. The Labute approximate surface area is 154 Å². The second-order valence-corrected chi connectivity index (χ2v) is 6.94. The van der Waals surface area contributed by atoms with Gasteiger partial charge in [-0.1, -0.05) is 11.8 Å². The summed E-state index contributed by atoms with van der Waals surface area (Å²) in [5.74, 6) is 0.823. The molecule has 1 atom stereocenters. The number of carbonyl (C=O) groups is 2. The predicted octanol–water partition coefficient (Wildman–Crippen LogP) is 3.96. The van der Waals surface area contributed by atoms with Crippen molar-refractivity contribution in [2.75, 3.05) is 5.32 Å². The molecule has 134 valence electrons. The number of carbonyl (C=O) groups excluding carboxylic acids is 2. The summed E-state index contributed by atoms with van der Waals surface area (Å²) in [4.78, 5) is 23.6. The van der Waals surface area contributed by atoms with Gasteiger partial charge in [-0.2, -0.15) is 0 Å². The first-order chi connectivity index (χ1) is 12.4. The fourth-order valence-corrected chi connectivity index (χ4v) is 3.09. The molecule has 0 fully saturated rings. The molecular formula is C18H17N3O4S. The number of ketones is 1. The van der Waals surface area contributed by atoms with Crippen LogP contribution in [0.4, 0.5) is 5.69 Å². The number of aryl methyl sites for hydroxylation is 1. The molecule has 1 N–H and O–H groups in total. The van der Waals surface area contributed by atoms with Gasteiger partial charge in [0.05, 0.1) is 17.1 Å². The summed E-state index contributed by atoms with van der Waals surface area (Å²) in [6.45, 7) is 5.02. The molecule has 7 nitrogen and oxygen atoms in total. The Morgan fingerprint density at radius 1 is 1.15 bits per heavy atom. The highest BCUT2D eigenvalue weighted by atomic mass is 32.2. The number of nitrogens with one attached hydrogen (secondary N) is 1. The number of anilines is 1. The van der Waals surface area contributed by atoms with E-state index in [2.05, 4.69) is 15.5 Å². The molecule has 0 unspecified atom stereocenters. The first-order valence-corrected chi connectivity index (χ1v) is 8.78. The van der Waals surface area contributed by atoms with Crippen LogP contribution in [0, 0.1) is 6.92 Å². The van der Waals surface area contributed by atoms with Crippen molar-refractivity contribution in [1.29, 1.82) is 0 Å². The van der Waals surface area contributed by atoms with Crippen molar-refractivity contribution in [2.45, 2.75) is 31.2 Å². The molecule has 8 heteroatoms. The van der Waals surface area contributed by atoms with Crippen molar-refractivity contribution in [3.8, 4) is 11.5 Å². The molecule has 0 saturated carbocycles. The van der Waals surface area contributed by atoms with Crippen LogP contribution in [-0.2, 0) is 4.79 Å². The minimum atomic E-state index is -0.402. The number of Topliss-reactive ketones (excluding diaryl/α,β-unsaturated/α-hetero) is 1. The van der Waals surface area contributed by atoms with Gasteiger partial charge >= 0.3 is 0 Å². The highest BCUT2D eigenvalue weighted by Gasteiger charge is 2.21. The van der Waals surface area contributed by atoms with Crippen molar-refractivity contribution >= 4 is 29.1 Å².